The highest BCUT2D eigenvalue weighted by atomic mass is 35.5. The minimum atomic E-state index is -0.0779. The van der Waals surface area contributed by atoms with Gasteiger partial charge in [-0.25, -0.2) is 0 Å². The Morgan fingerprint density at radius 1 is 1.16 bits per heavy atom. The number of ether oxygens (including phenoxy) is 1. The molecule has 2 rings (SSSR count). The van der Waals surface area contributed by atoms with E-state index in [0.717, 1.165) is 18.7 Å². The summed E-state index contributed by atoms with van der Waals surface area (Å²) in [4.78, 5) is 14.0. The number of halogens is 1. The van der Waals surface area contributed by atoms with Crippen molar-refractivity contribution < 1.29 is 9.53 Å². The number of likely N-dealkylation sites (N-methyl/N-ethyl adjacent to an activating group) is 1. The molecule has 0 heterocycles. The molecular weight excluding hydrogens is 336 g/mol. The molecule has 0 aliphatic heterocycles. The monoisotopic (exact) mass is 360 g/mol. The van der Waals surface area contributed by atoms with E-state index in [2.05, 4.69) is 25.2 Å². The first-order valence-corrected chi connectivity index (χ1v) is 8.76. The van der Waals surface area contributed by atoms with E-state index in [0.29, 0.717) is 23.9 Å². The summed E-state index contributed by atoms with van der Waals surface area (Å²) < 4.78 is 5.79. The summed E-state index contributed by atoms with van der Waals surface area (Å²) in [5.74, 6) is 0.822. The van der Waals surface area contributed by atoms with Crippen molar-refractivity contribution >= 4 is 23.2 Å². The van der Waals surface area contributed by atoms with Crippen molar-refractivity contribution in [1.29, 1.82) is 0 Å². The van der Waals surface area contributed by atoms with Crippen LogP contribution in [0, 0.1) is 13.8 Å². The summed E-state index contributed by atoms with van der Waals surface area (Å²) in [6.07, 6.45) is 0.850. The number of carbonyl (C=O) groups is 1. The number of nitrogens with one attached hydrogen (secondary N) is 1. The number of carbonyl (C=O) groups excluding carboxylic acids is 1. The summed E-state index contributed by atoms with van der Waals surface area (Å²) in [5, 5.41) is 3.37. The highest BCUT2D eigenvalue weighted by molar-refractivity contribution is 6.33. The van der Waals surface area contributed by atoms with Gasteiger partial charge in [-0.3, -0.25) is 9.69 Å². The molecule has 0 saturated heterocycles. The van der Waals surface area contributed by atoms with Crippen LogP contribution in [0.25, 0.3) is 0 Å². The van der Waals surface area contributed by atoms with Crippen LogP contribution in [-0.4, -0.2) is 37.6 Å². The minimum Gasteiger partial charge on any atom is -0.494 e. The Labute approximate surface area is 154 Å². The maximum Gasteiger partial charge on any atom is 0.238 e. The van der Waals surface area contributed by atoms with E-state index in [1.807, 2.05) is 36.2 Å². The molecule has 25 heavy (non-hydrogen) atoms. The summed E-state index contributed by atoms with van der Waals surface area (Å²) in [6.45, 7) is 5.84. The minimum absolute atomic E-state index is 0.0779. The van der Waals surface area contributed by atoms with Crippen molar-refractivity contribution in [2.24, 2.45) is 0 Å². The number of para-hydroxylation sites is 1. The van der Waals surface area contributed by atoms with Crippen molar-refractivity contribution in [3.05, 3.63) is 58.6 Å². The topological polar surface area (TPSA) is 41.6 Å². The third kappa shape index (κ3) is 6.77. The Bertz CT molecular complexity index is 698. The van der Waals surface area contributed by atoms with Crippen LogP contribution in [0.2, 0.25) is 5.02 Å². The van der Waals surface area contributed by atoms with Crippen LogP contribution in [0.3, 0.4) is 0 Å². The van der Waals surface area contributed by atoms with Gasteiger partial charge in [0.15, 0.2) is 0 Å². The molecule has 0 aliphatic carbocycles. The number of anilines is 1. The average molecular weight is 361 g/mol. The highest BCUT2D eigenvalue weighted by Gasteiger charge is 2.08. The van der Waals surface area contributed by atoms with E-state index in [1.165, 1.54) is 11.1 Å². The van der Waals surface area contributed by atoms with Gasteiger partial charge >= 0.3 is 0 Å². The molecule has 4 nitrogen and oxygen atoms in total. The normalized spacial score (nSPS) is 10.8. The maximum absolute atomic E-state index is 12.1. The van der Waals surface area contributed by atoms with Crippen molar-refractivity contribution in [1.82, 2.24) is 4.90 Å². The fraction of sp³-hybridized carbons (Fsp3) is 0.350. The molecule has 0 radical (unpaired) electrons. The molecule has 0 bridgehead atoms. The van der Waals surface area contributed by atoms with Crippen molar-refractivity contribution in [2.45, 2.75) is 20.3 Å². The van der Waals surface area contributed by atoms with Gasteiger partial charge in [0, 0.05) is 6.54 Å². The first-order valence-electron chi connectivity index (χ1n) is 8.38. The first kappa shape index (κ1) is 19.3. The quantitative estimate of drug-likeness (QED) is 0.714. The molecule has 0 saturated carbocycles. The van der Waals surface area contributed by atoms with Gasteiger partial charge in [-0.2, -0.15) is 0 Å². The van der Waals surface area contributed by atoms with E-state index >= 15 is 0 Å². The van der Waals surface area contributed by atoms with Crippen LogP contribution in [0.4, 0.5) is 5.69 Å². The maximum atomic E-state index is 12.1. The largest absolute Gasteiger partial charge is 0.494 e. The zero-order chi connectivity index (χ0) is 18.2. The number of rotatable bonds is 8. The third-order valence-electron chi connectivity index (χ3n) is 3.71. The fourth-order valence-corrected chi connectivity index (χ4v) is 2.80. The molecule has 5 heteroatoms. The van der Waals surface area contributed by atoms with Crippen molar-refractivity contribution in [3.8, 4) is 5.75 Å². The van der Waals surface area contributed by atoms with E-state index in [-0.39, 0.29) is 5.91 Å². The second-order valence-corrected chi connectivity index (χ2v) is 6.70. The van der Waals surface area contributed by atoms with Gasteiger partial charge in [0.25, 0.3) is 0 Å². The highest BCUT2D eigenvalue weighted by Crippen LogP contribution is 2.20. The zero-order valence-corrected chi connectivity index (χ0v) is 15.8. The molecule has 0 aliphatic rings. The van der Waals surface area contributed by atoms with Crippen LogP contribution in [0.5, 0.6) is 5.75 Å². The van der Waals surface area contributed by atoms with Crippen molar-refractivity contribution in [2.75, 3.05) is 32.1 Å². The lowest BCUT2D eigenvalue weighted by molar-refractivity contribution is -0.117. The van der Waals surface area contributed by atoms with Crippen LogP contribution in [0.15, 0.2) is 42.5 Å². The van der Waals surface area contributed by atoms with E-state index in [1.54, 1.807) is 12.1 Å². The lowest BCUT2D eigenvalue weighted by atomic mass is 10.1. The van der Waals surface area contributed by atoms with Gasteiger partial charge in [0.1, 0.15) is 5.75 Å². The van der Waals surface area contributed by atoms with Crippen LogP contribution in [0.1, 0.15) is 17.5 Å². The molecule has 2 aromatic carbocycles. The van der Waals surface area contributed by atoms with Crippen LogP contribution >= 0.6 is 11.6 Å². The van der Waals surface area contributed by atoms with E-state index < -0.39 is 0 Å². The van der Waals surface area contributed by atoms with Crippen LogP contribution < -0.4 is 10.1 Å². The molecule has 0 atom stereocenters. The molecular formula is C20H25ClN2O2. The number of hydrogen-bond donors (Lipinski definition) is 1. The summed E-state index contributed by atoms with van der Waals surface area (Å²) >= 11 is 6.04. The molecule has 2 aromatic rings. The Morgan fingerprint density at radius 3 is 2.52 bits per heavy atom. The van der Waals surface area contributed by atoms with Gasteiger partial charge in [-0.15, -0.1) is 0 Å². The summed E-state index contributed by atoms with van der Waals surface area (Å²) in [7, 11) is 1.92. The van der Waals surface area contributed by atoms with Gasteiger partial charge < -0.3 is 10.1 Å². The predicted octanol–water partition coefficient (Wildman–Crippen LogP) is 4.30. The first-order chi connectivity index (χ1) is 11.9. The van der Waals surface area contributed by atoms with E-state index in [9.17, 15) is 4.79 Å². The Hall–Kier alpha value is -2.04. The molecule has 0 aromatic heterocycles. The number of aryl methyl sites for hydroxylation is 2. The molecule has 0 fully saturated rings. The van der Waals surface area contributed by atoms with Gasteiger partial charge in [-0.05, 0) is 62.7 Å². The molecule has 134 valence electrons. The third-order valence-corrected chi connectivity index (χ3v) is 4.04. The van der Waals surface area contributed by atoms with E-state index in [4.69, 9.17) is 16.3 Å². The Balaban J connectivity index is 1.69. The predicted molar refractivity (Wildman–Crippen MR) is 104 cm³/mol. The number of amides is 1. The Kier molecular flexibility index (Phi) is 7.29. The summed E-state index contributed by atoms with van der Waals surface area (Å²) in [6, 6.07) is 13.4. The standard InChI is InChI=1S/C20H25ClN2O2/c1-15-11-16(2)13-17(12-15)25-10-6-9-23(3)14-20(24)22-19-8-5-4-7-18(19)21/h4-5,7-8,11-13H,6,9-10,14H2,1-3H3,(H,22,24). The average Bonchev–Trinajstić information content (AvgIpc) is 2.53. The second kappa shape index (κ2) is 9.44. The number of hydrogen-bond acceptors (Lipinski definition) is 3. The number of nitrogens with zero attached hydrogens (tertiary/aromatic N) is 1. The lowest BCUT2D eigenvalue weighted by Crippen LogP contribution is -2.31. The molecule has 0 unspecified atom stereocenters. The van der Waals surface area contributed by atoms with Gasteiger partial charge in [-0.1, -0.05) is 29.8 Å². The lowest BCUT2D eigenvalue weighted by Gasteiger charge is -2.17. The molecule has 1 N–H and O–H groups in total. The fourth-order valence-electron chi connectivity index (χ4n) is 2.62. The van der Waals surface area contributed by atoms with Gasteiger partial charge in [0.05, 0.1) is 23.9 Å². The van der Waals surface area contributed by atoms with Crippen molar-refractivity contribution in [3.63, 3.8) is 0 Å². The zero-order valence-electron chi connectivity index (χ0n) is 15.0. The molecule has 1 amide bonds. The SMILES string of the molecule is Cc1cc(C)cc(OCCCN(C)CC(=O)Nc2ccccc2Cl)c1. The molecule has 0 spiro atoms. The van der Waals surface area contributed by atoms with Crippen LogP contribution in [-0.2, 0) is 4.79 Å². The second-order valence-electron chi connectivity index (χ2n) is 6.29. The summed E-state index contributed by atoms with van der Waals surface area (Å²) in [5.41, 5.74) is 3.03. The smallest absolute Gasteiger partial charge is 0.238 e. The van der Waals surface area contributed by atoms with Gasteiger partial charge in [0.2, 0.25) is 5.91 Å². The number of benzene rings is 2. The Morgan fingerprint density at radius 2 is 1.84 bits per heavy atom.